The Morgan fingerprint density at radius 1 is 0.829 bits per heavy atom. The Morgan fingerprint density at radius 2 is 1.41 bits per heavy atom. The lowest BCUT2D eigenvalue weighted by Gasteiger charge is -2.30. The van der Waals surface area contributed by atoms with Gasteiger partial charge in [-0.2, -0.15) is 44.3 Å². The summed E-state index contributed by atoms with van der Waals surface area (Å²) in [5.41, 5.74) is -4.05. The van der Waals surface area contributed by atoms with Crippen LogP contribution in [0, 0.1) is 0 Å². The van der Waals surface area contributed by atoms with Crippen LogP contribution in [0.15, 0.2) is 30.5 Å². The number of alkyl halides is 9. The topological polar surface area (TPSA) is 63.0 Å². The molecule has 1 unspecified atom stereocenters. The number of hydrogen-bond acceptors (Lipinski definition) is 6. The molecule has 1 atom stereocenters. The molecule has 0 N–H and O–H groups in total. The monoisotopic (exact) mass is 595 g/mol. The van der Waals surface area contributed by atoms with Gasteiger partial charge in [-0.05, 0) is 73.0 Å². The number of nitrogens with zero attached hydrogens (tertiary/aromatic N) is 7. The molecule has 16 heteroatoms. The highest BCUT2D eigenvalue weighted by Crippen LogP contribution is 2.38. The van der Waals surface area contributed by atoms with Crippen LogP contribution < -0.4 is 4.90 Å². The number of tetrazole rings is 1. The number of rotatable bonds is 8. The Morgan fingerprint density at radius 3 is 1.90 bits per heavy atom. The second-order valence-corrected chi connectivity index (χ2v) is 9.78. The molecule has 0 radical (unpaired) electrons. The lowest BCUT2D eigenvalue weighted by atomic mass is 10.0. The lowest BCUT2D eigenvalue weighted by molar-refractivity contribution is -0.143. The van der Waals surface area contributed by atoms with Crippen LogP contribution in [0.5, 0.6) is 0 Å². The van der Waals surface area contributed by atoms with E-state index in [9.17, 15) is 39.5 Å². The van der Waals surface area contributed by atoms with Crippen LogP contribution in [0.1, 0.15) is 65.7 Å². The molecule has 41 heavy (non-hydrogen) atoms. The molecule has 7 nitrogen and oxygen atoms in total. The maximum atomic E-state index is 13.7. The van der Waals surface area contributed by atoms with Crippen LogP contribution in [0.25, 0.3) is 0 Å². The standard InChI is InChI=1S/C25H26F9N7/c1-3-20(40-6-4-5-7-40)21-16(10-19(12-35-21)25(32,33)34)14-41(22-36-38-39(2)37-22)13-15-8-17(23(26,27)28)11-18(9-15)24(29,30)31/h8-12,20H,3-7,13-14H2,1-2H3. The van der Waals surface area contributed by atoms with Crippen molar-refractivity contribution in [3.8, 4) is 0 Å². The molecule has 4 rings (SSSR count). The minimum atomic E-state index is -5.08. The van der Waals surface area contributed by atoms with Crippen molar-refractivity contribution in [1.29, 1.82) is 0 Å². The van der Waals surface area contributed by atoms with Crippen molar-refractivity contribution >= 4 is 5.95 Å². The first-order valence-electron chi connectivity index (χ1n) is 12.6. The fraction of sp³-hybridized carbons (Fsp3) is 0.520. The molecule has 1 aromatic carbocycles. The summed E-state index contributed by atoms with van der Waals surface area (Å²) >= 11 is 0. The third-order valence-corrected chi connectivity index (χ3v) is 6.78. The van der Waals surface area contributed by atoms with Gasteiger partial charge in [0.15, 0.2) is 0 Å². The predicted octanol–water partition coefficient (Wildman–Crippen LogP) is 6.42. The van der Waals surface area contributed by atoms with Gasteiger partial charge in [-0.15, -0.1) is 5.10 Å². The summed E-state index contributed by atoms with van der Waals surface area (Å²) in [6.45, 7) is 2.30. The van der Waals surface area contributed by atoms with Crippen molar-refractivity contribution < 1.29 is 39.5 Å². The van der Waals surface area contributed by atoms with Gasteiger partial charge in [-0.25, -0.2) is 0 Å². The quantitative estimate of drug-likeness (QED) is 0.281. The second kappa shape index (κ2) is 11.4. The third kappa shape index (κ3) is 7.26. The summed E-state index contributed by atoms with van der Waals surface area (Å²) in [4.78, 5) is 8.45. The van der Waals surface area contributed by atoms with Gasteiger partial charge < -0.3 is 4.90 Å². The number of aromatic nitrogens is 5. The predicted molar refractivity (Wildman–Crippen MR) is 128 cm³/mol. The highest BCUT2D eigenvalue weighted by molar-refractivity contribution is 5.40. The van der Waals surface area contributed by atoms with Gasteiger partial charge in [0.1, 0.15) is 0 Å². The number of pyridine rings is 1. The molecule has 0 amide bonds. The van der Waals surface area contributed by atoms with E-state index >= 15 is 0 Å². The molecule has 0 spiro atoms. The van der Waals surface area contributed by atoms with E-state index in [2.05, 4.69) is 25.3 Å². The summed E-state index contributed by atoms with van der Waals surface area (Å²) in [5, 5.41) is 11.5. The average Bonchev–Trinajstić information content (AvgIpc) is 3.55. The van der Waals surface area contributed by atoms with Gasteiger partial charge >= 0.3 is 18.5 Å². The fourth-order valence-electron chi connectivity index (χ4n) is 4.91. The van der Waals surface area contributed by atoms with Crippen molar-refractivity contribution in [1.82, 2.24) is 30.1 Å². The summed E-state index contributed by atoms with van der Waals surface area (Å²) in [6, 6.07) is 1.67. The molecule has 1 aliphatic rings. The highest BCUT2D eigenvalue weighted by atomic mass is 19.4. The first-order chi connectivity index (χ1) is 19.1. The van der Waals surface area contributed by atoms with Crippen molar-refractivity contribution in [2.75, 3.05) is 18.0 Å². The number of halogens is 9. The summed E-state index contributed by atoms with van der Waals surface area (Å²) in [5.74, 6) is -0.198. The molecule has 1 aliphatic heterocycles. The Labute approximate surface area is 228 Å². The molecule has 2 aromatic heterocycles. The zero-order valence-electron chi connectivity index (χ0n) is 21.9. The first kappa shape index (κ1) is 30.5. The summed E-state index contributed by atoms with van der Waals surface area (Å²) < 4.78 is 122. The Balaban J connectivity index is 1.81. The van der Waals surface area contributed by atoms with E-state index in [1.165, 1.54) is 11.9 Å². The van der Waals surface area contributed by atoms with Crippen LogP contribution >= 0.6 is 0 Å². The Hall–Kier alpha value is -3.43. The minimum Gasteiger partial charge on any atom is -0.329 e. The van der Waals surface area contributed by atoms with E-state index in [0.29, 0.717) is 37.3 Å². The second-order valence-electron chi connectivity index (χ2n) is 9.78. The van der Waals surface area contributed by atoms with Gasteiger partial charge in [-0.3, -0.25) is 9.88 Å². The van der Waals surface area contributed by atoms with E-state index in [-0.39, 0.29) is 30.2 Å². The number of benzene rings is 1. The molecule has 1 saturated heterocycles. The molecule has 0 bridgehead atoms. The number of anilines is 1. The molecular formula is C25H26F9N7. The van der Waals surface area contributed by atoms with E-state index in [1.807, 2.05) is 6.92 Å². The maximum Gasteiger partial charge on any atom is 0.417 e. The van der Waals surface area contributed by atoms with E-state index in [1.54, 1.807) is 0 Å². The molecule has 3 heterocycles. The molecule has 0 saturated carbocycles. The molecule has 3 aromatic rings. The normalized spacial score (nSPS) is 15.9. The van der Waals surface area contributed by atoms with E-state index < -0.39 is 47.3 Å². The fourth-order valence-corrected chi connectivity index (χ4v) is 4.91. The maximum absolute atomic E-state index is 13.7. The smallest absolute Gasteiger partial charge is 0.329 e. The van der Waals surface area contributed by atoms with Crippen LogP contribution in [-0.2, 0) is 38.7 Å². The van der Waals surface area contributed by atoms with Crippen molar-refractivity contribution in [2.45, 2.75) is 63.8 Å². The van der Waals surface area contributed by atoms with E-state index in [4.69, 9.17) is 0 Å². The number of likely N-dealkylation sites (tertiary alicyclic amines) is 1. The molecule has 224 valence electrons. The van der Waals surface area contributed by atoms with Crippen molar-refractivity contribution in [2.24, 2.45) is 7.05 Å². The van der Waals surface area contributed by atoms with Crippen LogP contribution in [-0.4, -0.2) is 43.2 Å². The first-order valence-corrected chi connectivity index (χ1v) is 12.6. The summed E-state index contributed by atoms with van der Waals surface area (Å²) in [6.07, 6.45) is -11.9. The largest absolute Gasteiger partial charge is 0.417 e. The minimum absolute atomic E-state index is 0.00509. The lowest BCUT2D eigenvalue weighted by Crippen LogP contribution is -2.30. The van der Waals surface area contributed by atoms with Crippen LogP contribution in [0.3, 0.4) is 0 Å². The zero-order valence-corrected chi connectivity index (χ0v) is 21.9. The molecule has 0 aliphatic carbocycles. The number of hydrogen-bond donors (Lipinski definition) is 0. The van der Waals surface area contributed by atoms with Crippen molar-refractivity contribution in [3.63, 3.8) is 0 Å². The van der Waals surface area contributed by atoms with Gasteiger partial charge in [0, 0.05) is 19.3 Å². The van der Waals surface area contributed by atoms with Crippen LogP contribution in [0.4, 0.5) is 45.5 Å². The summed E-state index contributed by atoms with van der Waals surface area (Å²) in [7, 11) is 1.39. The zero-order chi connectivity index (χ0) is 30.2. The molecular weight excluding hydrogens is 569 g/mol. The van der Waals surface area contributed by atoms with Gasteiger partial charge in [-0.1, -0.05) is 12.0 Å². The third-order valence-electron chi connectivity index (χ3n) is 6.78. The molecule has 1 fully saturated rings. The Kier molecular flexibility index (Phi) is 8.52. The van der Waals surface area contributed by atoms with Gasteiger partial charge in [0.05, 0.1) is 35.5 Å². The Bertz CT molecular complexity index is 1310. The SMILES string of the molecule is CCC(c1ncc(C(F)(F)F)cc1CN(Cc1cc(C(F)(F)F)cc(C(F)(F)F)c1)c1nnn(C)n1)N1CCCC1. The van der Waals surface area contributed by atoms with Crippen molar-refractivity contribution in [3.05, 3.63) is 64.0 Å². The van der Waals surface area contributed by atoms with Gasteiger partial charge in [0.25, 0.3) is 5.95 Å². The van der Waals surface area contributed by atoms with E-state index in [0.717, 1.165) is 29.9 Å². The average molecular weight is 596 g/mol. The highest BCUT2D eigenvalue weighted by Gasteiger charge is 2.38. The van der Waals surface area contributed by atoms with Crippen LogP contribution in [0.2, 0.25) is 0 Å². The number of aryl methyl sites for hydroxylation is 1. The van der Waals surface area contributed by atoms with Gasteiger partial charge in [0.2, 0.25) is 0 Å².